The fourth-order valence-corrected chi connectivity index (χ4v) is 3.20. The smallest absolute Gasteiger partial charge is 0.410 e. The zero-order valence-electron chi connectivity index (χ0n) is 16.6. The minimum absolute atomic E-state index is 0.0315. The summed E-state index contributed by atoms with van der Waals surface area (Å²) in [4.78, 5) is 27.7. The van der Waals surface area contributed by atoms with Gasteiger partial charge in [0, 0.05) is 26.2 Å². The molecule has 0 spiro atoms. The summed E-state index contributed by atoms with van der Waals surface area (Å²) in [5.41, 5.74) is 4.55. The lowest BCUT2D eigenvalue weighted by molar-refractivity contribution is -0.116. The Labute approximate surface area is 160 Å². The zero-order chi connectivity index (χ0) is 19.8. The molecule has 2 amide bonds. The average molecular weight is 366 g/mol. The van der Waals surface area contributed by atoms with Gasteiger partial charge < -0.3 is 9.64 Å². The van der Waals surface area contributed by atoms with Gasteiger partial charge in [-0.05, 0) is 55.2 Å². The highest BCUT2D eigenvalue weighted by atomic mass is 16.6. The van der Waals surface area contributed by atoms with E-state index in [4.69, 9.17) is 4.74 Å². The number of carbonyl (C=O) groups is 2. The fraction of sp³-hybridized carbons (Fsp3) is 0.364. The van der Waals surface area contributed by atoms with Gasteiger partial charge in [-0.2, -0.15) is 0 Å². The van der Waals surface area contributed by atoms with Crippen molar-refractivity contribution in [1.29, 1.82) is 0 Å². The lowest BCUT2D eigenvalue weighted by atomic mass is 9.96. The summed E-state index contributed by atoms with van der Waals surface area (Å²) in [7, 11) is 1.76. The van der Waals surface area contributed by atoms with E-state index in [0.717, 1.165) is 27.9 Å². The number of nitrogens with zero attached hydrogens (tertiary/aromatic N) is 2. The first-order chi connectivity index (χ1) is 12.7. The van der Waals surface area contributed by atoms with Gasteiger partial charge in [0.2, 0.25) is 5.91 Å². The van der Waals surface area contributed by atoms with Gasteiger partial charge >= 0.3 is 6.09 Å². The molecule has 0 fully saturated rings. The molecule has 5 nitrogen and oxygen atoms in total. The SMILES string of the molecule is CC(=O)N(C)c1cc2c(c(-c3ccccc3)c1)CN(C(=O)OC(C)(C)C)C2. The van der Waals surface area contributed by atoms with Crippen LogP contribution in [0.25, 0.3) is 11.1 Å². The topological polar surface area (TPSA) is 49.9 Å². The van der Waals surface area contributed by atoms with Gasteiger partial charge in [-0.25, -0.2) is 4.79 Å². The second kappa shape index (κ2) is 7.06. The third-order valence-electron chi connectivity index (χ3n) is 4.63. The molecule has 0 atom stereocenters. The number of anilines is 1. The normalized spacial score (nSPS) is 13.3. The number of hydrogen-bond donors (Lipinski definition) is 0. The largest absolute Gasteiger partial charge is 0.444 e. The van der Waals surface area contributed by atoms with Crippen LogP contribution in [0.1, 0.15) is 38.8 Å². The summed E-state index contributed by atoms with van der Waals surface area (Å²) in [5.74, 6) is -0.0315. The summed E-state index contributed by atoms with van der Waals surface area (Å²) in [6.45, 7) is 8.11. The van der Waals surface area contributed by atoms with Crippen molar-refractivity contribution in [3.8, 4) is 11.1 Å². The molecule has 0 aromatic heterocycles. The minimum Gasteiger partial charge on any atom is -0.444 e. The Morgan fingerprint density at radius 2 is 1.74 bits per heavy atom. The van der Waals surface area contributed by atoms with Crippen LogP contribution in [0.4, 0.5) is 10.5 Å². The quantitative estimate of drug-likeness (QED) is 0.781. The van der Waals surface area contributed by atoms with Crippen LogP contribution in [0.5, 0.6) is 0 Å². The van der Waals surface area contributed by atoms with Crippen LogP contribution in [0.3, 0.4) is 0 Å². The monoisotopic (exact) mass is 366 g/mol. The summed E-state index contributed by atoms with van der Waals surface area (Å²) >= 11 is 0. The Balaban J connectivity index is 2.02. The molecule has 142 valence electrons. The Bertz CT molecular complexity index is 869. The lowest BCUT2D eigenvalue weighted by Crippen LogP contribution is -2.33. The highest BCUT2D eigenvalue weighted by Crippen LogP contribution is 2.37. The maximum absolute atomic E-state index is 12.5. The van der Waals surface area contributed by atoms with Crippen molar-refractivity contribution >= 4 is 17.7 Å². The molecular formula is C22H26N2O3. The highest BCUT2D eigenvalue weighted by molar-refractivity contribution is 5.92. The van der Waals surface area contributed by atoms with E-state index in [1.165, 1.54) is 0 Å². The first-order valence-electron chi connectivity index (χ1n) is 9.09. The van der Waals surface area contributed by atoms with Crippen molar-refractivity contribution in [2.75, 3.05) is 11.9 Å². The molecule has 2 aromatic carbocycles. The van der Waals surface area contributed by atoms with E-state index in [9.17, 15) is 9.59 Å². The number of ether oxygens (including phenoxy) is 1. The summed E-state index contributed by atoms with van der Waals surface area (Å²) in [5, 5.41) is 0. The molecule has 5 heteroatoms. The molecule has 0 radical (unpaired) electrons. The molecule has 3 rings (SSSR count). The number of hydrogen-bond acceptors (Lipinski definition) is 3. The third kappa shape index (κ3) is 4.13. The number of fused-ring (bicyclic) bond motifs is 1. The molecule has 1 heterocycles. The van der Waals surface area contributed by atoms with Crippen LogP contribution < -0.4 is 4.90 Å². The molecule has 1 aliphatic rings. The molecule has 27 heavy (non-hydrogen) atoms. The molecule has 0 bridgehead atoms. The van der Waals surface area contributed by atoms with Crippen LogP contribution in [0.2, 0.25) is 0 Å². The second-order valence-electron chi connectivity index (χ2n) is 7.91. The van der Waals surface area contributed by atoms with Crippen LogP contribution >= 0.6 is 0 Å². The van der Waals surface area contributed by atoms with Crippen molar-refractivity contribution in [2.45, 2.75) is 46.4 Å². The average Bonchev–Trinajstić information content (AvgIpc) is 3.03. The van der Waals surface area contributed by atoms with Gasteiger partial charge in [-0.3, -0.25) is 9.69 Å². The lowest BCUT2D eigenvalue weighted by Gasteiger charge is -2.24. The van der Waals surface area contributed by atoms with E-state index in [1.807, 2.05) is 63.2 Å². The van der Waals surface area contributed by atoms with Crippen molar-refractivity contribution in [3.05, 3.63) is 53.6 Å². The predicted octanol–water partition coefficient (Wildman–Crippen LogP) is 4.59. The zero-order valence-corrected chi connectivity index (χ0v) is 16.6. The highest BCUT2D eigenvalue weighted by Gasteiger charge is 2.30. The Morgan fingerprint density at radius 3 is 2.33 bits per heavy atom. The first-order valence-corrected chi connectivity index (χ1v) is 9.09. The Morgan fingerprint density at radius 1 is 1.07 bits per heavy atom. The van der Waals surface area contributed by atoms with E-state index in [0.29, 0.717) is 13.1 Å². The molecular weight excluding hydrogens is 340 g/mol. The number of amides is 2. The molecule has 2 aromatic rings. The second-order valence-corrected chi connectivity index (χ2v) is 7.91. The van der Waals surface area contributed by atoms with E-state index >= 15 is 0 Å². The molecule has 0 saturated heterocycles. The fourth-order valence-electron chi connectivity index (χ4n) is 3.20. The predicted molar refractivity (Wildman–Crippen MR) is 106 cm³/mol. The van der Waals surface area contributed by atoms with Gasteiger partial charge in [-0.15, -0.1) is 0 Å². The van der Waals surface area contributed by atoms with Crippen LogP contribution in [-0.2, 0) is 22.6 Å². The molecule has 0 N–H and O–H groups in total. The summed E-state index contributed by atoms with van der Waals surface area (Å²) in [6.07, 6.45) is -0.320. The van der Waals surface area contributed by atoms with Crippen LogP contribution in [-0.4, -0.2) is 29.5 Å². The van der Waals surface area contributed by atoms with Gasteiger partial charge in [0.25, 0.3) is 0 Å². The maximum Gasteiger partial charge on any atom is 0.410 e. The molecule has 0 saturated carbocycles. The van der Waals surface area contributed by atoms with Crippen molar-refractivity contribution in [1.82, 2.24) is 4.90 Å². The minimum atomic E-state index is -0.534. The number of carbonyl (C=O) groups excluding carboxylic acids is 2. The number of rotatable bonds is 2. The maximum atomic E-state index is 12.5. The van der Waals surface area contributed by atoms with Crippen molar-refractivity contribution < 1.29 is 14.3 Å². The van der Waals surface area contributed by atoms with Crippen LogP contribution in [0.15, 0.2) is 42.5 Å². The van der Waals surface area contributed by atoms with E-state index in [-0.39, 0.29) is 12.0 Å². The van der Waals surface area contributed by atoms with Gasteiger partial charge in [0.1, 0.15) is 5.60 Å². The Hall–Kier alpha value is -2.82. The first kappa shape index (κ1) is 19.0. The van der Waals surface area contributed by atoms with Crippen LogP contribution in [0, 0.1) is 0 Å². The standard InChI is InChI=1S/C22H26N2O3/c1-15(25)23(5)18-11-17-13-24(21(26)27-22(2,3)4)14-20(17)19(12-18)16-9-7-6-8-10-16/h6-12H,13-14H2,1-5H3. The summed E-state index contributed by atoms with van der Waals surface area (Å²) in [6, 6.07) is 14.1. The number of benzene rings is 2. The third-order valence-corrected chi connectivity index (χ3v) is 4.63. The van der Waals surface area contributed by atoms with E-state index in [1.54, 1.807) is 23.8 Å². The van der Waals surface area contributed by atoms with E-state index < -0.39 is 5.60 Å². The van der Waals surface area contributed by atoms with Gasteiger partial charge in [0.05, 0.1) is 6.54 Å². The van der Waals surface area contributed by atoms with Gasteiger partial charge in [0.15, 0.2) is 0 Å². The molecule has 0 aliphatic carbocycles. The van der Waals surface area contributed by atoms with E-state index in [2.05, 4.69) is 0 Å². The van der Waals surface area contributed by atoms with Gasteiger partial charge in [-0.1, -0.05) is 30.3 Å². The Kier molecular flexibility index (Phi) is 4.96. The summed E-state index contributed by atoms with van der Waals surface area (Å²) < 4.78 is 5.54. The van der Waals surface area contributed by atoms with Crippen molar-refractivity contribution in [3.63, 3.8) is 0 Å². The molecule has 0 unspecified atom stereocenters. The molecule has 1 aliphatic heterocycles. The van der Waals surface area contributed by atoms with Crippen molar-refractivity contribution in [2.24, 2.45) is 0 Å².